The highest BCUT2D eigenvalue weighted by Crippen LogP contribution is 2.35. The molecule has 0 spiro atoms. The van der Waals surface area contributed by atoms with Crippen molar-refractivity contribution in [3.8, 4) is 22.6 Å². The Hall–Kier alpha value is -2.48. The number of hydrogen-bond acceptors (Lipinski definition) is 2. The van der Waals surface area contributed by atoms with Gasteiger partial charge in [-0.25, -0.2) is 0 Å². The molecule has 0 unspecified atom stereocenters. The summed E-state index contributed by atoms with van der Waals surface area (Å²) in [5, 5.41) is 12.4. The number of phenolic OH excluding ortho intramolecular Hbond substituents is 1. The fraction of sp³-hybridized carbons (Fsp3) is 0.111. The first-order valence-electron chi connectivity index (χ1n) is 6.56. The van der Waals surface area contributed by atoms with E-state index in [-0.39, 0.29) is 5.75 Å². The summed E-state index contributed by atoms with van der Waals surface area (Å²) in [5.41, 5.74) is 3.20. The van der Waals surface area contributed by atoms with Crippen LogP contribution >= 0.6 is 0 Å². The van der Waals surface area contributed by atoms with E-state index in [0.29, 0.717) is 5.75 Å². The summed E-state index contributed by atoms with van der Waals surface area (Å²) in [6.07, 6.45) is 0. The third-order valence-electron chi connectivity index (χ3n) is 3.59. The van der Waals surface area contributed by atoms with Crippen LogP contribution in [0.25, 0.3) is 21.9 Å². The van der Waals surface area contributed by atoms with Crippen LogP contribution in [0.4, 0.5) is 0 Å². The van der Waals surface area contributed by atoms with Crippen molar-refractivity contribution in [2.75, 3.05) is 7.11 Å². The molecule has 0 radical (unpaired) electrons. The lowest BCUT2D eigenvalue weighted by molar-refractivity contribution is 0.373. The molecule has 0 aliphatic heterocycles. The van der Waals surface area contributed by atoms with Crippen molar-refractivity contribution in [2.24, 2.45) is 0 Å². The van der Waals surface area contributed by atoms with Crippen LogP contribution in [0.5, 0.6) is 11.5 Å². The van der Waals surface area contributed by atoms with Crippen molar-refractivity contribution in [3.63, 3.8) is 0 Å². The summed E-state index contributed by atoms with van der Waals surface area (Å²) in [4.78, 5) is 0. The quantitative estimate of drug-likeness (QED) is 0.737. The number of aryl methyl sites for hydroxylation is 1. The molecule has 2 nitrogen and oxygen atoms in total. The van der Waals surface area contributed by atoms with Crippen molar-refractivity contribution in [2.45, 2.75) is 6.92 Å². The second kappa shape index (κ2) is 4.89. The van der Waals surface area contributed by atoms with Crippen LogP contribution in [0.2, 0.25) is 0 Å². The first-order chi connectivity index (χ1) is 9.69. The topological polar surface area (TPSA) is 29.5 Å². The lowest BCUT2D eigenvalue weighted by atomic mass is 9.97. The molecule has 3 aromatic carbocycles. The molecule has 20 heavy (non-hydrogen) atoms. The zero-order valence-corrected chi connectivity index (χ0v) is 11.6. The highest BCUT2D eigenvalue weighted by Gasteiger charge is 2.09. The zero-order valence-electron chi connectivity index (χ0n) is 11.6. The average molecular weight is 264 g/mol. The summed E-state index contributed by atoms with van der Waals surface area (Å²) in [5.74, 6) is 0.674. The Morgan fingerprint density at radius 3 is 2.40 bits per heavy atom. The summed E-state index contributed by atoms with van der Waals surface area (Å²) in [6, 6.07) is 18.2. The molecule has 0 aliphatic carbocycles. The molecule has 0 bridgehead atoms. The van der Waals surface area contributed by atoms with Gasteiger partial charge in [-0.15, -0.1) is 0 Å². The zero-order chi connectivity index (χ0) is 14.1. The van der Waals surface area contributed by atoms with Gasteiger partial charge in [0.25, 0.3) is 0 Å². The lowest BCUT2D eigenvalue weighted by Crippen LogP contribution is -1.89. The van der Waals surface area contributed by atoms with Crippen molar-refractivity contribution in [3.05, 3.63) is 60.2 Å². The molecule has 3 aromatic rings. The van der Waals surface area contributed by atoms with E-state index < -0.39 is 0 Å². The predicted octanol–water partition coefficient (Wildman–Crippen LogP) is 4.53. The minimum atomic E-state index is 0.168. The number of rotatable bonds is 2. The summed E-state index contributed by atoms with van der Waals surface area (Å²) >= 11 is 0. The van der Waals surface area contributed by atoms with Gasteiger partial charge in [-0.05, 0) is 52.6 Å². The van der Waals surface area contributed by atoms with Crippen LogP contribution in [-0.2, 0) is 0 Å². The molecule has 3 rings (SSSR count). The van der Waals surface area contributed by atoms with E-state index in [4.69, 9.17) is 4.74 Å². The Balaban J connectivity index is 2.17. The van der Waals surface area contributed by atoms with E-state index >= 15 is 0 Å². The van der Waals surface area contributed by atoms with Crippen LogP contribution in [0.3, 0.4) is 0 Å². The van der Waals surface area contributed by atoms with Gasteiger partial charge in [0.2, 0.25) is 0 Å². The van der Waals surface area contributed by atoms with Crippen LogP contribution in [0.1, 0.15) is 5.56 Å². The minimum absolute atomic E-state index is 0.168. The number of benzene rings is 3. The van der Waals surface area contributed by atoms with E-state index in [9.17, 15) is 5.11 Å². The fourth-order valence-corrected chi connectivity index (χ4v) is 2.50. The maximum atomic E-state index is 9.97. The monoisotopic (exact) mass is 264 g/mol. The number of aromatic hydroxyl groups is 1. The number of methoxy groups -OCH3 is 1. The van der Waals surface area contributed by atoms with E-state index in [1.807, 2.05) is 25.1 Å². The summed E-state index contributed by atoms with van der Waals surface area (Å²) < 4.78 is 5.14. The molecule has 100 valence electrons. The summed E-state index contributed by atoms with van der Waals surface area (Å²) in [7, 11) is 1.56. The molecule has 1 N–H and O–H groups in total. The van der Waals surface area contributed by atoms with Gasteiger partial charge in [-0.2, -0.15) is 0 Å². The van der Waals surface area contributed by atoms with Crippen LogP contribution in [0.15, 0.2) is 54.6 Å². The predicted molar refractivity (Wildman–Crippen MR) is 82.3 cm³/mol. The minimum Gasteiger partial charge on any atom is -0.504 e. The van der Waals surface area contributed by atoms with Gasteiger partial charge in [0.15, 0.2) is 11.5 Å². The first-order valence-corrected chi connectivity index (χ1v) is 6.56. The van der Waals surface area contributed by atoms with Gasteiger partial charge in [0, 0.05) is 0 Å². The molecule has 0 amide bonds. The summed E-state index contributed by atoms with van der Waals surface area (Å²) in [6.45, 7) is 2.02. The molecule has 2 heteroatoms. The van der Waals surface area contributed by atoms with E-state index in [0.717, 1.165) is 16.7 Å². The fourth-order valence-electron chi connectivity index (χ4n) is 2.50. The molecule has 0 aliphatic rings. The normalized spacial score (nSPS) is 10.7. The Morgan fingerprint density at radius 1 is 0.900 bits per heavy atom. The van der Waals surface area contributed by atoms with Gasteiger partial charge in [-0.3, -0.25) is 0 Å². The SMILES string of the molecule is COc1cc(C)c(-c2ccc3ccccc3c2)cc1O. The molecule has 0 saturated carbocycles. The van der Waals surface area contributed by atoms with Gasteiger partial charge in [0.1, 0.15) is 0 Å². The lowest BCUT2D eigenvalue weighted by Gasteiger charge is -2.11. The maximum absolute atomic E-state index is 9.97. The largest absolute Gasteiger partial charge is 0.504 e. The Kier molecular flexibility index (Phi) is 3.07. The van der Waals surface area contributed by atoms with Crippen molar-refractivity contribution < 1.29 is 9.84 Å². The number of phenols is 1. The number of hydrogen-bond donors (Lipinski definition) is 1. The molecule has 0 fully saturated rings. The van der Waals surface area contributed by atoms with Gasteiger partial charge >= 0.3 is 0 Å². The molecule has 0 aromatic heterocycles. The molecule has 0 atom stereocenters. The highest BCUT2D eigenvalue weighted by molar-refractivity contribution is 5.88. The number of ether oxygens (including phenoxy) is 1. The van der Waals surface area contributed by atoms with Gasteiger partial charge in [-0.1, -0.05) is 36.4 Å². The molecular formula is C18H16O2. The second-order valence-corrected chi connectivity index (χ2v) is 4.90. The Morgan fingerprint density at radius 2 is 1.65 bits per heavy atom. The van der Waals surface area contributed by atoms with Crippen LogP contribution in [-0.4, -0.2) is 12.2 Å². The number of fused-ring (bicyclic) bond motifs is 1. The van der Waals surface area contributed by atoms with Crippen molar-refractivity contribution in [1.29, 1.82) is 0 Å². The smallest absolute Gasteiger partial charge is 0.160 e. The second-order valence-electron chi connectivity index (χ2n) is 4.90. The molecule has 0 saturated heterocycles. The van der Waals surface area contributed by atoms with E-state index in [2.05, 4.69) is 30.3 Å². The average Bonchev–Trinajstić information content (AvgIpc) is 2.48. The first kappa shape index (κ1) is 12.5. The van der Waals surface area contributed by atoms with Gasteiger partial charge < -0.3 is 9.84 Å². The third kappa shape index (κ3) is 2.10. The highest BCUT2D eigenvalue weighted by atomic mass is 16.5. The van der Waals surface area contributed by atoms with Crippen molar-refractivity contribution >= 4 is 10.8 Å². The standard InChI is InChI=1S/C18H16O2/c1-12-9-18(20-2)17(19)11-16(12)15-8-7-13-5-3-4-6-14(13)10-15/h3-11,19H,1-2H3. The van der Waals surface area contributed by atoms with E-state index in [1.165, 1.54) is 10.8 Å². The molecular weight excluding hydrogens is 248 g/mol. The van der Waals surface area contributed by atoms with Gasteiger partial charge in [0.05, 0.1) is 7.11 Å². The Bertz CT molecular complexity index is 775. The van der Waals surface area contributed by atoms with Crippen LogP contribution < -0.4 is 4.74 Å². The Labute approximate surface area is 118 Å². The third-order valence-corrected chi connectivity index (χ3v) is 3.59. The van der Waals surface area contributed by atoms with E-state index in [1.54, 1.807) is 13.2 Å². The maximum Gasteiger partial charge on any atom is 0.160 e. The molecule has 0 heterocycles. The van der Waals surface area contributed by atoms with Crippen molar-refractivity contribution in [1.82, 2.24) is 0 Å². The van der Waals surface area contributed by atoms with Crippen LogP contribution in [0, 0.1) is 6.92 Å².